The molecular weight excluding hydrogens is 306 g/mol. The number of methoxy groups -OCH3 is 1. The highest BCUT2D eigenvalue weighted by atomic mass is 16.5. The van der Waals surface area contributed by atoms with Crippen LogP contribution in [0.2, 0.25) is 0 Å². The van der Waals surface area contributed by atoms with Crippen molar-refractivity contribution in [2.45, 2.75) is 51.8 Å². The smallest absolute Gasteiger partial charge is 0.241 e. The first kappa shape index (κ1) is 16.9. The normalized spacial score (nSPS) is 20.1. The number of aromatic nitrogens is 2. The number of rotatable bonds is 5. The number of likely N-dealkylation sites (tertiary alicyclic amines) is 1. The summed E-state index contributed by atoms with van der Waals surface area (Å²) in [6.07, 6.45) is 2.95. The van der Waals surface area contributed by atoms with Crippen LogP contribution >= 0.6 is 0 Å². The summed E-state index contributed by atoms with van der Waals surface area (Å²) in [5.41, 5.74) is 1.94. The van der Waals surface area contributed by atoms with Gasteiger partial charge in [0.05, 0.1) is 19.8 Å². The molecule has 0 amide bonds. The Balaban J connectivity index is 1.75. The molecule has 1 aliphatic heterocycles. The van der Waals surface area contributed by atoms with Crippen molar-refractivity contribution < 1.29 is 14.4 Å². The minimum absolute atomic E-state index is 0.161. The van der Waals surface area contributed by atoms with Gasteiger partial charge in [0, 0.05) is 11.6 Å². The van der Waals surface area contributed by atoms with Crippen LogP contribution < -0.4 is 4.74 Å². The Kier molecular flexibility index (Phi) is 5.16. The Bertz CT molecular complexity index is 684. The molecule has 0 saturated carbocycles. The van der Waals surface area contributed by atoms with Crippen molar-refractivity contribution in [3.63, 3.8) is 0 Å². The van der Waals surface area contributed by atoms with Crippen molar-refractivity contribution in [2.24, 2.45) is 0 Å². The van der Waals surface area contributed by atoms with E-state index in [0.717, 1.165) is 42.7 Å². The summed E-state index contributed by atoms with van der Waals surface area (Å²) in [5, 5.41) is 14.1. The minimum Gasteiger partial charge on any atom is -0.496 e. The Morgan fingerprint density at radius 2 is 2.25 bits per heavy atom. The van der Waals surface area contributed by atoms with E-state index in [0.29, 0.717) is 18.3 Å². The fourth-order valence-corrected chi connectivity index (χ4v) is 3.33. The van der Waals surface area contributed by atoms with Crippen molar-refractivity contribution in [3.05, 3.63) is 29.7 Å². The highest BCUT2D eigenvalue weighted by Gasteiger charge is 2.27. The first-order valence-corrected chi connectivity index (χ1v) is 8.48. The van der Waals surface area contributed by atoms with Crippen LogP contribution in [0, 0.1) is 6.92 Å². The maximum Gasteiger partial charge on any atom is 0.241 e. The number of piperidine rings is 1. The van der Waals surface area contributed by atoms with Gasteiger partial charge in [-0.15, -0.1) is 0 Å². The summed E-state index contributed by atoms with van der Waals surface area (Å²) in [7, 11) is 1.65. The molecule has 1 aromatic heterocycles. The second-order valence-electron chi connectivity index (χ2n) is 6.47. The summed E-state index contributed by atoms with van der Waals surface area (Å²) >= 11 is 0. The van der Waals surface area contributed by atoms with Crippen LogP contribution in [0.5, 0.6) is 5.75 Å². The summed E-state index contributed by atoms with van der Waals surface area (Å²) in [4.78, 5) is 6.75. The predicted octanol–water partition coefficient (Wildman–Crippen LogP) is 2.79. The van der Waals surface area contributed by atoms with Gasteiger partial charge >= 0.3 is 0 Å². The molecule has 1 aliphatic rings. The van der Waals surface area contributed by atoms with Crippen LogP contribution in [0.1, 0.15) is 37.6 Å². The van der Waals surface area contributed by atoms with Crippen molar-refractivity contribution in [3.8, 4) is 17.1 Å². The molecule has 1 aromatic carbocycles. The van der Waals surface area contributed by atoms with Gasteiger partial charge in [-0.2, -0.15) is 4.98 Å². The van der Waals surface area contributed by atoms with Gasteiger partial charge in [-0.1, -0.05) is 23.7 Å². The number of hydrogen-bond donors (Lipinski definition) is 1. The second-order valence-corrected chi connectivity index (χ2v) is 6.47. The summed E-state index contributed by atoms with van der Waals surface area (Å²) < 4.78 is 10.8. The standard InChI is InChI=1S/C18H25N3O3/c1-12-7-8-14(10-16(12)23-3)18-19-17(24-20-18)11-21-9-5-4-6-15(21)13(2)22/h7-8,10,13,15,22H,4-6,9,11H2,1-3H3. The van der Waals surface area contributed by atoms with E-state index in [-0.39, 0.29) is 12.1 Å². The number of ether oxygens (including phenoxy) is 1. The fraction of sp³-hybridized carbons (Fsp3) is 0.556. The highest BCUT2D eigenvalue weighted by molar-refractivity contribution is 5.58. The number of aliphatic hydroxyl groups is 1. The molecule has 130 valence electrons. The average Bonchev–Trinajstić information content (AvgIpc) is 3.04. The molecule has 6 nitrogen and oxygen atoms in total. The van der Waals surface area contributed by atoms with E-state index in [2.05, 4.69) is 15.0 Å². The molecule has 3 rings (SSSR count). The summed E-state index contributed by atoms with van der Waals surface area (Å²) in [6.45, 7) is 5.37. The Morgan fingerprint density at radius 1 is 1.42 bits per heavy atom. The third-order valence-corrected chi connectivity index (χ3v) is 4.69. The summed E-state index contributed by atoms with van der Waals surface area (Å²) in [5.74, 6) is 1.95. The number of benzene rings is 1. The van der Waals surface area contributed by atoms with E-state index in [1.54, 1.807) is 7.11 Å². The molecule has 2 atom stereocenters. The molecular formula is C18H25N3O3. The van der Waals surface area contributed by atoms with Gasteiger partial charge in [-0.05, 0) is 44.9 Å². The molecule has 24 heavy (non-hydrogen) atoms. The molecule has 0 spiro atoms. The monoisotopic (exact) mass is 331 g/mol. The van der Waals surface area contributed by atoms with Gasteiger partial charge in [0.25, 0.3) is 0 Å². The Labute approximate surface area is 142 Å². The second kappa shape index (κ2) is 7.32. The first-order chi connectivity index (χ1) is 11.6. The zero-order valence-electron chi connectivity index (χ0n) is 14.5. The zero-order valence-corrected chi connectivity index (χ0v) is 14.5. The first-order valence-electron chi connectivity index (χ1n) is 8.48. The van der Waals surface area contributed by atoms with Gasteiger partial charge in [-0.3, -0.25) is 4.90 Å². The molecule has 2 unspecified atom stereocenters. The van der Waals surface area contributed by atoms with Gasteiger partial charge in [0.15, 0.2) is 0 Å². The SMILES string of the molecule is COc1cc(-c2noc(CN3CCCCC3C(C)O)n2)ccc1C. The quantitative estimate of drug-likeness (QED) is 0.908. The van der Waals surface area contributed by atoms with Gasteiger partial charge in [0.2, 0.25) is 11.7 Å². The van der Waals surface area contributed by atoms with Crippen LogP contribution in [-0.4, -0.2) is 45.9 Å². The fourth-order valence-electron chi connectivity index (χ4n) is 3.33. The molecule has 0 aliphatic carbocycles. The topological polar surface area (TPSA) is 71.6 Å². The van der Waals surface area contributed by atoms with Crippen molar-refractivity contribution in [1.29, 1.82) is 0 Å². The van der Waals surface area contributed by atoms with Crippen LogP contribution in [0.15, 0.2) is 22.7 Å². The van der Waals surface area contributed by atoms with Crippen LogP contribution in [0.3, 0.4) is 0 Å². The van der Waals surface area contributed by atoms with E-state index in [9.17, 15) is 5.11 Å². The molecule has 2 heterocycles. The Hall–Kier alpha value is -1.92. The third-order valence-electron chi connectivity index (χ3n) is 4.69. The van der Waals surface area contributed by atoms with E-state index >= 15 is 0 Å². The molecule has 0 bridgehead atoms. The van der Waals surface area contributed by atoms with E-state index in [4.69, 9.17) is 9.26 Å². The number of hydrogen-bond acceptors (Lipinski definition) is 6. The average molecular weight is 331 g/mol. The van der Waals surface area contributed by atoms with E-state index in [1.165, 1.54) is 0 Å². The number of aryl methyl sites for hydroxylation is 1. The van der Waals surface area contributed by atoms with Crippen molar-refractivity contribution >= 4 is 0 Å². The minimum atomic E-state index is -0.353. The lowest BCUT2D eigenvalue weighted by Crippen LogP contribution is -2.45. The zero-order chi connectivity index (χ0) is 17.1. The van der Waals surface area contributed by atoms with Crippen LogP contribution in [0.25, 0.3) is 11.4 Å². The molecule has 1 fully saturated rings. The van der Waals surface area contributed by atoms with E-state index in [1.807, 2.05) is 32.0 Å². The molecule has 6 heteroatoms. The molecule has 1 N–H and O–H groups in total. The lowest BCUT2D eigenvalue weighted by molar-refractivity contribution is 0.0260. The lowest BCUT2D eigenvalue weighted by atomic mass is 9.98. The molecule has 0 radical (unpaired) electrons. The number of aliphatic hydroxyl groups excluding tert-OH is 1. The molecule has 1 saturated heterocycles. The van der Waals surface area contributed by atoms with Gasteiger partial charge in [-0.25, -0.2) is 0 Å². The summed E-state index contributed by atoms with van der Waals surface area (Å²) in [6, 6.07) is 6.03. The Morgan fingerprint density at radius 3 is 3.00 bits per heavy atom. The molecule has 2 aromatic rings. The maximum atomic E-state index is 9.97. The van der Waals surface area contributed by atoms with Gasteiger partial charge < -0.3 is 14.4 Å². The highest BCUT2D eigenvalue weighted by Crippen LogP contribution is 2.26. The van der Waals surface area contributed by atoms with Gasteiger partial charge in [0.1, 0.15) is 5.75 Å². The predicted molar refractivity (Wildman–Crippen MR) is 90.8 cm³/mol. The van der Waals surface area contributed by atoms with Crippen LogP contribution in [0.4, 0.5) is 0 Å². The van der Waals surface area contributed by atoms with Crippen molar-refractivity contribution in [1.82, 2.24) is 15.0 Å². The van der Waals surface area contributed by atoms with Crippen LogP contribution in [-0.2, 0) is 6.54 Å². The maximum absolute atomic E-state index is 9.97. The van der Waals surface area contributed by atoms with Crippen molar-refractivity contribution in [2.75, 3.05) is 13.7 Å². The third kappa shape index (κ3) is 3.60. The lowest BCUT2D eigenvalue weighted by Gasteiger charge is -2.36. The largest absolute Gasteiger partial charge is 0.496 e. The number of nitrogens with zero attached hydrogens (tertiary/aromatic N) is 3. The van der Waals surface area contributed by atoms with E-state index < -0.39 is 0 Å².